The van der Waals surface area contributed by atoms with E-state index in [4.69, 9.17) is 8.35 Å². The van der Waals surface area contributed by atoms with Gasteiger partial charge in [0.15, 0.2) is 0 Å². The number of fused-ring (bicyclic) bond motifs is 2. The van der Waals surface area contributed by atoms with Gasteiger partial charge in [-0.05, 0) is 94.7 Å². The van der Waals surface area contributed by atoms with E-state index in [1.807, 2.05) is 0 Å². The number of aliphatic carboxylic acids is 4. The van der Waals surface area contributed by atoms with Gasteiger partial charge in [0, 0.05) is 5.48 Å². The molecule has 0 heterocycles. The lowest BCUT2D eigenvalue weighted by atomic mass is 9.58. The molecule has 12 atom stereocenters. The Morgan fingerprint density at radius 1 is 0.406 bits per heavy atom. The second-order valence-electron chi connectivity index (χ2n) is 11.9. The van der Waals surface area contributed by atoms with E-state index in [0.29, 0.717) is 23.7 Å². The molecule has 0 radical (unpaired) electrons. The Kier molecular flexibility index (Phi) is 1.86. The van der Waals surface area contributed by atoms with Gasteiger partial charge >= 0.3 is 23.9 Å². The third kappa shape index (κ3) is 1.45. The van der Waals surface area contributed by atoms with Gasteiger partial charge in [0.1, 0.15) is 0 Å². The molecular weight excluding hydrogens is 416 g/mol. The maximum absolute atomic E-state index is 12.1. The van der Waals surface area contributed by atoms with Crippen LogP contribution in [-0.2, 0) is 19.2 Å². The predicted octanol–water partition coefficient (Wildman–Crippen LogP) is 0.771. The minimum atomic E-state index is -2.15. The Morgan fingerprint density at radius 3 is 0.781 bits per heavy atom. The van der Waals surface area contributed by atoms with E-state index in [1.165, 1.54) is 0 Å². The summed E-state index contributed by atoms with van der Waals surface area (Å²) < 4.78 is 47.4. The highest BCUT2D eigenvalue weighted by Gasteiger charge is 2.93. The molecule has 12 aliphatic rings. The molecule has 32 heavy (non-hydrogen) atoms. The van der Waals surface area contributed by atoms with Crippen LogP contribution in [0, 0.1) is 118 Å². The fourth-order valence-corrected chi connectivity index (χ4v) is 11.7. The fourth-order valence-electron chi connectivity index (χ4n) is 11.7. The van der Waals surface area contributed by atoms with E-state index >= 15 is 0 Å². The zero-order valence-electron chi connectivity index (χ0n) is 22.6. The van der Waals surface area contributed by atoms with Crippen molar-refractivity contribution in [1.82, 2.24) is 0 Å². The standard InChI is InChI=1S/2C12H12O4/c2*13-11(14)9-7-3-1-2-5(7)6(2)8(4(1)3)10(9)12(15)16/h2*1-10H,(H,13,14)(H,15,16)/i2*9D,10D/hD2. The van der Waals surface area contributed by atoms with Gasteiger partial charge in [-0.25, -0.2) is 0 Å². The van der Waals surface area contributed by atoms with Crippen LogP contribution in [0.5, 0.6) is 0 Å². The molecule has 0 amide bonds. The Balaban J connectivity index is 0.000000112. The molecule has 12 unspecified atom stereocenters. The van der Waals surface area contributed by atoms with Crippen LogP contribution >= 0.6 is 0 Å². The smallest absolute Gasteiger partial charge is 0.307 e. The monoisotopic (exact) mass is 446 g/mol. The molecule has 0 spiro atoms. The number of hydrogen-bond acceptors (Lipinski definition) is 6. The summed E-state index contributed by atoms with van der Waals surface area (Å²) >= 11 is 0. The summed E-state index contributed by atoms with van der Waals surface area (Å²) in [5.74, 6) is -11.5. The van der Waals surface area contributed by atoms with E-state index in [9.17, 15) is 29.4 Å². The molecule has 168 valence electrons. The largest absolute Gasteiger partial charge is 0.481 e. The van der Waals surface area contributed by atoms with Crippen LogP contribution in [0.3, 0.4) is 0 Å². The van der Waals surface area contributed by atoms with Crippen molar-refractivity contribution in [2.45, 2.75) is 0 Å². The van der Waals surface area contributed by atoms with Crippen molar-refractivity contribution >= 4 is 23.9 Å². The normalized spacial score (nSPS) is 81.9. The molecule has 8 heteroatoms. The molecule has 4 N–H and O–H groups in total. The van der Waals surface area contributed by atoms with Gasteiger partial charge in [0.25, 0.3) is 2.86 Å². The molecule has 0 aromatic heterocycles. The summed E-state index contributed by atoms with van der Waals surface area (Å²) in [5.41, 5.74) is 0. The van der Waals surface area contributed by atoms with Crippen LogP contribution < -0.4 is 0 Å². The molecule has 12 fully saturated rings. The van der Waals surface area contributed by atoms with Crippen molar-refractivity contribution < 1.29 is 45.1 Å². The molecule has 0 saturated heterocycles. The van der Waals surface area contributed by atoms with Crippen molar-refractivity contribution in [2.24, 2.45) is 118 Å². The van der Waals surface area contributed by atoms with Crippen molar-refractivity contribution in [2.75, 3.05) is 0 Å². The molecule has 0 aliphatic heterocycles. The van der Waals surface area contributed by atoms with Crippen LogP contribution in [0.2, 0.25) is 0 Å². The van der Waals surface area contributed by atoms with Crippen molar-refractivity contribution in [3.05, 3.63) is 0 Å². The summed E-state index contributed by atoms with van der Waals surface area (Å²) in [6, 6.07) is 0. The zero-order valence-corrected chi connectivity index (χ0v) is 16.6. The lowest BCUT2D eigenvalue weighted by Gasteiger charge is -2.43. The van der Waals surface area contributed by atoms with Crippen LogP contribution in [0.4, 0.5) is 0 Å². The fraction of sp³-hybridized carbons (Fsp3) is 0.833. The molecular formula is C24H24O8. The highest BCUT2D eigenvalue weighted by molar-refractivity contribution is 5.83. The Morgan fingerprint density at radius 2 is 0.594 bits per heavy atom. The highest BCUT2D eigenvalue weighted by Crippen LogP contribution is 2.94. The van der Waals surface area contributed by atoms with E-state index in [0.717, 1.165) is 0 Å². The third-order valence-corrected chi connectivity index (χ3v) is 11.8. The van der Waals surface area contributed by atoms with Gasteiger partial charge in [0.2, 0.25) is 0 Å². The highest BCUT2D eigenvalue weighted by atomic mass is 16.4. The van der Waals surface area contributed by atoms with Gasteiger partial charge < -0.3 is 20.4 Å². The van der Waals surface area contributed by atoms with E-state index in [1.54, 1.807) is 0 Å². The maximum atomic E-state index is 12.1. The quantitative estimate of drug-likeness (QED) is 0.495. The molecule has 12 saturated carbocycles. The Bertz CT molecular complexity index is 1190. The average Bonchev–Trinajstić information content (AvgIpc) is 3.85. The third-order valence-electron chi connectivity index (χ3n) is 11.8. The number of carboxylic acid groups (broad SMARTS) is 4. The molecule has 0 aromatic carbocycles. The number of carbonyl (C=O) groups is 4. The summed E-state index contributed by atoms with van der Waals surface area (Å²) in [4.78, 5) is 47.2. The minimum absolute atomic E-state index is 0.230. The molecule has 12 aliphatic carbocycles. The van der Waals surface area contributed by atoms with E-state index < -0.39 is 59.3 Å². The molecule has 0 aromatic rings. The van der Waals surface area contributed by atoms with Gasteiger partial charge in [0.05, 0.1) is 23.6 Å². The number of carboxylic acids is 4. The van der Waals surface area contributed by atoms with Gasteiger partial charge in [-0.3, -0.25) is 19.2 Å². The van der Waals surface area contributed by atoms with Crippen molar-refractivity contribution in [3.63, 3.8) is 0 Å². The van der Waals surface area contributed by atoms with Gasteiger partial charge in [-0.15, -0.1) is 0 Å². The Hall–Kier alpha value is -2.12. The van der Waals surface area contributed by atoms with Crippen molar-refractivity contribution in [3.8, 4) is 0 Å². The first-order valence-electron chi connectivity index (χ1n) is 14.5. The number of hydrogen-bond donors (Lipinski definition) is 4. The lowest BCUT2D eigenvalue weighted by molar-refractivity contribution is -0.167. The van der Waals surface area contributed by atoms with Crippen LogP contribution in [0.25, 0.3) is 2.86 Å². The summed E-state index contributed by atoms with van der Waals surface area (Å²) in [5, 5.41) is 26.9. The summed E-state index contributed by atoms with van der Waals surface area (Å²) in [6.07, 6.45) is 0. The van der Waals surface area contributed by atoms with Crippen LogP contribution in [-0.4, -0.2) is 44.3 Å². The lowest BCUT2D eigenvalue weighted by Crippen LogP contribution is -2.50. The topological polar surface area (TPSA) is 149 Å². The Labute approximate surface area is 191 Å². The molecule has 8 nitrogen and oxygen atoms in total. The van der Waals surface area contributed by atoms with Gasteiger partial charge in [-0.1, -0.05) is 0 Å². The minimum Gasteiger partial charge on any atom is -0.481 e. The van der Waals surface area contributed by atoms with Crippen LogP contribution in [0.15, 0.2) is 0 Å². The zero-order chi connectivity index (χ0) is 27.0. The van der Waals surface area contributed by atoms with Crippen LogP contribution in [0.1, 0.15) is 5.48 Å². The second kappa shape index (κ2) is 4.60. The average molecular weight is 446 g/mol. The first-order chi connectivity index (χ1) is 17.8. The first-order valence-corrected chi connectivity index (χ1v) is 11.7. The predicted molar refractivity (Wildman–Crippen MR) is 100 cm³/mol. The van der Waals surface area contributed by atoms with Gasteiger partial charge in [-0.2, -0.15) is 0 Å². The van der Waals surface area contributed by atoms with E-state index in [2.05, 4.69) is 10.2 Å². The molecule has 12 rings (SSSR count). The maximum Gasteiger partial charge on any atom is 0.307 e. The first kappa shape index (κ1) is 12.9. The summed E-state index contributed by atoms with van der Waals surface area (Å²) in [7, 11) is 0. The number of rotatable bonds is 4. The second-order valence-corrected chi connectivity index (χ2v) is 11.9. The SMILES string of the molecule is [2H]C1(C(=O)O)C2C3C4C5C2C5C(C43)C1([2H])C(=O)O.[2H]OC(=O)C1([2H])C2C3C4C5C2C5C(C43)C1([2H])C(=O)O[2H]. The van der Waals surface area contributed by atoms with E-state index in [-0.39, 0.29) is 59.2 Å². The molecule has 4 bridgehead atoms. The van der Waals surface area contributed by atoms with Crippen molar-refractivity contribution in [1.29, 1.82) is 2.86 Å². The summed E-state index contributed by atoms with van der Waals surface area (Å²) in [6.45, 7) is 0.